The monoisotopic (exact) mass is 317 g/mol. The topological polar surface area (TPSA) is 38.8 Å². The Bertz CT molecular complexity index is 562. The molecular weight excluding hydrogens is 290 g/mol. The van der Waals surface area contributed by atoms with Crippen molar-refractivity contribution >= 4 is 5.91 Å². The van der Waals surface area contributed by atoms with Gasteiger partial charge in [0.1, 0.15) is 0 Å². The second kappa shape index (κ2) is 7.24. The zero-order valence-electron chi connectivity index (χ0n) is 14.3. The quantitative estimate of drug-likeness (QED) is 0.853. The fraction of sp³-hybridized carbons (Fsp3) is 0.632. The van der Waals surface area contributed by atoms with Crippen LogP contribution in [0.1, 0.15) is 55.6 Å². The van der Waals surface area contributed by atoms with Crippen LogP contribution in [-0.4, -0.2) is 38.1 Å². The first-order valence-electron chi connectivity index (χ1n) is 8.75. The van der Waals surface area contributed by atoms with Gasteiger partial charge in [-0.1, -0.05) is 12.8 Å². The van der Waals surface area contributed by atoms with E-state index in [4.69, 9.17) is 9.47 Å². The minimum Gasteiger partial charge on any atom is -0.493 e. The van der Waals surface area contributed by atoms with E-state index in [-0.39, 0.29) is 0 Å². The molecule has 0 aromatic heterocycles. The van der Waals surface area contributed by atoms with Crippen molar-refractivity contribution in [1.29, 1.82) is 0 Å². The van der Waals surface area contributed by atoms with Crippen molar-refractivity contribution in [3.8, 4) is 11.5 Å². The summed E-state index contributed by atoms with van der Waals surface area (Å²) in [5.41, 5.74) is 2.57. The summed E-state index contributed by atoms with van der Waals surface area (Å²) in [6.45, 7) is 1.87. The molecule has 0 saturated carbocycles. The van der Waals surface area contributed by atoms with Gasteiger partial charge in [0.15, 0.2) is 11.5 Å². The minimum absolute atomic E-state index is 0.319. The van der Waals surface area contributed by atoms with E-state index >= 15 is 0 Å². The van der Waals surface area contributed by atoms with Gasteiger partial charge in [-0.3, -0.25) is 4.79 Å². The maximum atomic E-state index is 12.7. The average molecular weight is 317 g/mol. The second-order valence-corrected chi connectivity index (χ2v) is 6.64. The van der Waals surface area contributed by atoms with E-state index < -0.39 is 0 Å². The van der Waals surface area contributed by atoms with Crippen LogP contribution in [0.3, 0.4) is 0 Å². The minimum atomic E-state index is 0.319. The van der Waals surface area contributed by atoms with Crippen molar-refractivity contribution in [3.05, 3.63) is 23.3 Å². The molecule has 1 saturated heterocycles. The largest absolute Gasteiger partial charge is 0.493 e. The lowest BCUT2D eigenvalue weighted by Crippen LogP contribution is -2.32. The molecule has 1 amide bonds. The summed E-state index contributed by atoms with van der Waals surface area (Å²) in [4.78, 5) is 14.7. The summed E-state index contributed by atoms with van der Waals surface area (Å²) in [7, 11) is 3.33. The van der Waals surface area contributed by atoms with E-state index in [0.29, 0.717) is 18.2 Å². The summed E-state index contributed by atoms with van der Waals surface area (Å²) < 4.78 is 10.8. The number of fused-ring (bicyclic) bond motifs is 1. The molecule has 2 aliphatic rings. The molecule has 1 aromatic rings. The molecule has 4 heteroatoms. The molecular formula is C19H27NO3. The third-order valence-corrected chi connectivity index (χ3v) is 5.23. The van der Waals surface area contributed by atoms with Crippen LogP contribution in [0.5, 0.6) is 11.5 Å². The van der Waals surface area contributed by atoms with Gasteiger partial charge < -0.3 is 14.4 Å². The van der Waals surface area contributed by atoms with Crippen molar-refractivity contribution in [2.75, 3.05) is 27.3 Å². The van der Waals surface area contributed by atoms with Crippen molar-refractivity contribution in [1.82, 2.24) is 4.90 Å². The molecule has 1 unspecified atom stereocenters. The molecule has 0 bridgehead atoms. The van der Waals surface area contributed by atoms with Crippen LogP contribution in [0.4, 0.5) is 0 Å². The van der Waals surface area contributed by atoms with Crippen LogP contribution < -0.4 is 9.47 Å². The van der Waals surface area contributed by atoms with Gasteiger partial charge in [0.05, 0.1) is 14.2 Å². The van der Waals surface area contributed by atoms with Crippen LogP contribution in [0.15, 0.2) is 12.1 Å². The lowest BCUT2D eigenvalue weighted by atomic mass is 9.96. The van der Waals surface area contributed by atoms with Gasteiger partial charge >= 0.3 is 0 Å². The van der Waals surface area contributed by atoms with Gasteiger partial charge in [0.2, 0.25) is 5.91 Å². The fourth-order valence-corrected chi connectivity index (χ4v) is 3.89. The Kier molecular flexibility index (Phi) is 5.09. The van der Waals surface area contributed by atoms with Gasteiger partial charge in [0.25, 0.3) is 0 Å². The van der Waals surface area contributed by atoms with Crippen LogP contribution in [-0.2, 0) is 11.2 Å². The normalized spacial score (nSPS) is 20.8. The Hall–Kier alpha value is -1.71. The molecule has 1 heterocycles. The smallest absolute Gasteiger partial charge is 0.223 e. The Balaban J connectivity index is 1.73. The first kappa shape index (κ1) is 16.2. The Morgan fingerprint density at radius 1 is 1.09 bits per heavy atom. The van der Waals surface area contributed by atoms with Crippen LogP contribution in [0.25, 0.3) is 0 Å². The Morgan fingerprint density at radius 3 is 2.39 bits per heavy atom. The molecule has 1 aliphatic heterocycles. The van der Waals surface area contributed by atoms with E-state index in [1.807, 2.05) is 0 Å². The van der Waals surface area contributed by atoms with Gasteiger partial charge in [-0.25, -0.2) is 0 Å². The number of likely N-dealkylation sites (tertiary alicyclic amines) is 1. The lowest BCUT2D eigenvalue weighted by molar-refractivity contribution is -0.131. The number of carbonyl (C=O) groups is 1. The zero-order valence-corrected chi connectivity index (χ0v) is 14.3. The fourth-order valence-electron chi connectivity index (χ4n) is 3.89. The number of rotatable bonds is 4. The highest BCUT2D eigenvalue weighted by atomic mass is 16.5. The van der Waals surface area contributed by atoms with Crippen LogP contribution in [0, 0.1) is 0 Å². The van der Waals surface area contributed by atoms with Gasteiger partial charge in [-0.2, -0.15) is 0 Å². The number of ether oxygens (including phenoxy) is 2. The SMILES string of the molecule is COc1cc2c(cc1OC)C(CC(=O)N1CCCCCC1)CC2. The third-order valence-electron chi connectivity index (χ3n) is 5.23. The summed E-state index contributed by atoms with van der Waals surface area (Å²) in [6.07, 6.45) is 7.51. The third kappa shape index (κ3) is 3.46. The number of hydrogen-bond acceptors (Lipinski definition) is 3. The van der Waals surface area contributed by atoms with Crippen molar-refractivity contribution in [3.63, 3.8) is 0 Å². The highest BCUT2D eigenvalue weighted by Gasteiger charge is 2.28. The summed E-state index contributed by atoms with van der Waals surface area (Å²) in [6, 6.07) is 4.14. The van der Waals surface area contributed by atoms with E-state index in [9.17, 15) is 4.79 Å². The number of nitrogens with zero attached hydrogens (tertiary/aromatic N) is 1. The number of hydrogen-bond donors (Lipinski definition) is 0. The molecule has 1 atom stereocenters. The highest BCUT2D eigenvalue weighted by molar-refractivity contribution is 5.77. The van der Waals surface area contributed by atoms with Crippen molar-refractivity contribution < 1.29 is 14.3 Å². The molecule has 0 N–H and O–H groups in total. The number of benzene rings is 1. The summed E-state index contributed by atoms with van der Waals surface area (Å²) in [5, 5.41) is 0. The average Bonchev–Trinajstić information content (AvgIpc) is 2.78. The predicted molar refractivity (Wildman–Crippen MR) is 90.3 cm³/mol. The van der Waals surface area contributed by atoms with E-state index in [0.717, 1.165) is 50.3 Å². The summed E-state index contributed by atoms with van der Waals surface area (Å²) in [5.74, 6) is 2.19. The van der Waals surface area contributed by atoms with Gasteiger partial charge in [0, 0.05) is 19.5 Å². The molecule has 1 aliphatic carbocycles. The summed E-state index contributed by atoms with van der Waals surface area (Å²) >= 11 is 0. The molecule has 3 rings (SSSR count). The molecule has 1 aromatic carbocycles. The van der Waals surface area contributed by atoms with E-state index in [2.05, 4.69) is 17.0 Å². The first-order valence-corrected chi connectivity index (χ1v) is 8.75. The van der Waals surface area contributed by atoms with Crippen LogP contribution >= 0.6 is 0 Å². The van der Waals surface area contributed by atoms with Crippen molar-refractivity contribution in [2.45, 2.75) is 50.9 Å². The molecule has 0 radical (unpaired) electrons. The molecule has 126 valence electrons. The zero-order chi connectivity index (χ0) is 16.2. The number of carbonyl (C=O) groups excluding carboxylic acids is 1. The Morgan fingerprint density at radius 2 is 1.74 bits per heavy atom. The number of aryl methyl sites for hydroxylation is 1. The first-order chi connectivity index (χ1) is 11.2. The molecule has 0 spiro atoms. The predicted octanol–water partition coefficient (Wildman–Crippen LogP) is 3.53. The second-order valence-electron chi connectivity index (χ2n) is 6.64. The lowest BCUT2D eigenvalue weighted by Gasteiger charge is -2.22. The highest BCUT2D eigenvalue weighted by Crippen LogP contribution is 2.42. The standard InChI is InChI=1S/C19H27NO3/c1-22-17-11-14-7-8-15(16(14)13-18(17)23-2)12-19(21)20-9-5-3-4-6-10-20/h11,13,15H,3-10,12H2,1-2H3. The van der Waals surface area contributed by atoms with Gasteiger partial charge in [-0.05, 0) is 54.9 Å². The maximum Gasteiger partial charge on any atom is 0.223 e. The van der Waals surface area contributed by atoms with Crippen molar-refractivity contribution in [2.24, 2.45) is 0 Å². The Labute approximate surface area is 138 Å². The molecule has 1 fully saturated rings. The van der Waals surface area contributed by atoms with E-state index in [1.165, 1.54) is 24.0 Å². The molecule has 4 nitrogen and oxygen atoms in total. The van der Waals surface area contributed by atoms with Gasteiger partial charge in [-0.15, -0.1) is 0 Å². The number of methoxy groups -OCH3 is 2. The van der Waals surface area contributed by atoms with E-state index in [1.54, 1.807) is 14.2 Å². The maximum absolute atomic E-state index is 12.7. The number of amides is 1. The molecule has 23 heavy (non-hydrogen) atoms. The van der Waals surface area contributed by atoms with Crippen LogP contribution in [0.2, 0.25) is 0 Å².